The second-order valence-electron chi connectivity index (χ2n) is 9.66. The lowest BCUT2D eigenvalue weighted by molar-refractivity contribution is -0.356. The Morgan fingerprint density at radius 1 is 0.875 bits per heavy atom. The molecule has 218 valence electrons. The molecule has 2 saturated heterocycles. The highest BCUT2D eigenvalue weighted by Crippen LogP contribution is 2.38. The van der Waals surface area contributed by atoms with E-state index in [0.29, 0.717) is 0 Å². The highest BCUT2D eigenvalue weighted by atomic mass is 16.7. The minimum absolute atomic E-state index is 0.124. The van der Waals surface area contributed by atoms with Crippen LogP contribution in [-0.2, 0) is 14.2 Å². The molecule has 0 amide bonds. The molecule has 1 aromatic heterocycles. The molecule has 0 aliphatic carbocycles. The van der Waals surface area contributed by atoms with Gasteiger partial charge in [-0.05, 0) is 19.1 Å². The molecule has 0 unspecified atom stereocenters. The van der Waals surface area contributed by atoms with E-state index in [0.717, 1.165) is 18.2 Å². The van der Waals surface area contributed by atoms with Crippen molar-refractivity contribution in [3.05, 3.63) is 34.5 Å². The Kier molecular flexibility index (Phi) is 7.51. The Balaban J connectivity index is 1.52. The van der Waals surface area contributed by atoms with Gasteiger partial charge < -0.3 is 69.3 Å². The molecule has 5 rings (SSSR count). The van der Waals surface area contributed by atoms with Crippen LogP contribution >= 0.6 is 0 Å². The van der Waals surface area contributed by atoms with Gasteiger partial charge in [-0.15, -0.1) is 0 Å². The number of aromatic hydroxyl groups is 3. The van der Waals surface area contributed by atoms with Crippen molar-refractivity contribution in [1.29, 1.82) is 0 Å². The third-order valence-electron chi connectivity index (χ3n) is 7.04. The first-order valence-electron chi connectivity index (χ1n) is 12.2. The van der Waals surface area contributed by atoms with Crippen LogP contribution in [0.15, 0.2) is 33.5 Å². The number of hydrogen-bond acceptors (Lipinski definition) is 15. The van der Waals surface area contributed by atoms with Gasteiger partial charge in [0, 0.05) is 12.1 Å². The molecule has 0 radical (unpaired) electrons. The zero-order chi connectivity index (χ0) is 29.0. The molecular weight excluding hydrogens is 540 g/mol. The summed E-state index contributed by atoms with van der Waals surface area (Å²) in [5.41, 5.74) is -1.36. The van der Waals surface area contributed by atoms with Crippen molar-refractivity contribution in [1.82, 2.24) is 0 Å². The number of aliphatic hydroxyl groups excluding tert-OH is 6. The fourth-order valence-electron chi connectivity index (χ4n) is 4.82. The van der Waals surface area contributed by atoms with Gasteiger partial charge in [-0.3, -0.25) is 4.79 Å². The monoisotopic (exact) mass is 568 g/mol. The minimum Gasteiger partial charge on any atom is -0.507 e. The topological polar surface area (TPSA) is 249 Å². The molecule has 0 spiro atoms. The maximum absolute atomic E-state index is 13.0. The maximum Gasteiger partial charge on any atom is 0.204 e. The van der Waals surface area contributed by atoms with Gasteiger partial charge in [0.25, 0.3) is 0 Å². The minimum atomic E-state index is -1.86. The van der Waals surface area contributed by atoms with Gasteiger partial charge in [0.2, 0.25) is 11.2 Å². The smallest absolute Gasteiger partial charge is 0.204 e. The van der Waals surface area contributed by atoms with E-state index >= 15 is 0 Å². The summed E-state index contributed by atoms with van der Waals surface area (Å²) in [5.74, 6) is -2.10. The van der Waals surface area contributed by atoms with Crippen molar-refractivity contribution in [3.8, 4) is 23.0 Å². The van der Waals surface area contributed by atoms with Gasteiger partial charge in [0.1, 0.15) is 53.0 Å². The highest BCUT2D eigenvalue weighted by Gasteiger charge is 2.51. The quantitative estimate of drug-likeness (QED) is 0.120. The van der Waals surface area contributed by atoms with E-state index in [9.17, 15) is 50.8 Å². The molecule has 10 atom stereocenters. The molecule has 3 aromatic rings. The number of aliphatic hydroxyl groups is 6. The summed E-state index contributed by atoms with van der Waals surface area (Å²) in [6, 6.07) is 4.43. The van der Waals surface area contributed by atoms with Crippen LogP contribution in [0.25, 0.3) is 21.9 Å². The number of phenolic OH excluding ortho intramolecular Hbond substituents is 3. The first kappa shape index (κ1) is 28.3. The summed E-state index contributed by atoms with van der Waals surface area (Å²) >= 11 is 0. The van der Waals surface area contributed by atoms with Crippen LogP contribution in [0.5, 0.6) is 23.0 Å². The molecular formula is C25H28O15. The van der Waals surface area contributed by atoms with E-state index in [1.807, 2.05) is 0 Å². The summed E-state index contributed by atoms with van der Waals surface area (Å²) in [7, 11) is 0. The van der Waals surface area contributed by atoms with Crippen molar-refractivity contribution >= 4 is 21.9 Å². The first-order valence-corrected chi connectivity index (χ1v) is 12.2. The molecule has 2 aromatic carbocycles. The largest absolute Gasteiger partial charge is 0.507 e. The normalized spacial score (nSPS) is 34.8. The van der Waals surface area contributed by atoms with E-state index in [1.54, 1.807) is 0 Å². The number of benzene rings is 2. The molecule has 3 heterocycles. The highest BCUT2D eigenvalue weighted by molar-refractivity contribution is 5.96. The first-order chi connectivity index (χ1) is 18.9. The second kappa shape index (κ2) is 10.6. The number of phenols is 3. The fraction of sp³-hybridized carbons (Fsp3) is 0.480. The van der Waals surface area contributed by atoms with Crippen LogP contribution in [0.4, 0.5) is 0 Å². The zero-order valence-corrected chi connectivity index (χ0v) is 20.8. The van der Waals surface area contributed by atoms with E-state index < -0.39 is 90.7 Å². The van der Waals surface area contributed by atoms with E-state index in [2.05, 4.69) is 0 Å². The van der Waals surface area contributed by atoms with Gasteiger partial charge in [0.15, 0.2) is 36.1 Å². The van der Waals surface area contributed by atoms with Gasteiger partial charge in [0.05, 0.1) is 18.1 Å². The number of ether oxygens (including phenoxy) is 4. The predicted octanol–water partition coefficient (Wildman–Crippen LogP) is -1.91. The Morgan fingerprint density at radius 2 is 1.60 bits per heavy atom. The molecule has 0 saturated carbocycles. The van der Waals surface area contributed by atoms with Crippen LogP contribution in [0.3, 0.4) is 0 Å². The van der Waals surface area contributed by atoms with Gasteiger partial charge in [-0.25, -0.2) is 0 Å². The molecule has 2 aliphatic rings. The number of rotatable bonds is 5. The van der Waals surface area contributed by atoms with E-state index in [1.165, 1.54) is 13.0 Å². The SMILES string of the molecule is C[C@@H]1O[C@@H](O[C@@H]2[C@@H](Oc3cc(O)c4c(=O)c5ccc(O)c(O)c5oc4c3)[C@H](O)[C@@H](CO)O[C@H]2O)[C@H](O)[C@H](O)[C@H]1O. The zero-order valence-electron chi connectivity index (χ0n) is 20.8. The van der Waals surface area contributed by atoms with Gasteiger partial charge in [-0.2, -0.15) is 0 Å². The maximum atomic E-state index is 13.0. The molecule has 15 nitrogen and oxygen atoms in total. The summed E-state index contributed by atoms with van der Waals surface area (Å²) in [5, 5.41) is 91.7. The van der Waals surface area contributed by atoms with Crippen LogP contribution in [-0.4, -0.2) is 114 Å². The molecule has 9 N–H and O–H groups in total. The van der Waals surface area contributed by atoms with E-state index in [4.69, 9.17) is 23.4 Å². The molecule has 2 aliphatic heterocycles. The van der Waals surface area contributed by atoms with Crippen LogP contribution in [0, 0.1) is 0 Å². The summed E-state index contributed by atoms with van der Waals surface area (Å²) < 4.78 is 27.6. The second-order valence-corrected chi connectivity index (χ2v) is 9.66. The van der Waals surface area contributed by atoms with Crippen molar-refractivity contribution in [2.75, 3.05) is 6.61 Å². The standard InChI is InChI=1S/C25H28O15/c1-7-15(29)19(33)20(34)25(36-7)40-23-22(18(32)13(6-26)39-24(23)35)37-8-4-11(28)14-12(5-8)38-21-9(16(14)30)2-3-10(27)17(21)31/h2-5,7,13,15,18-20,22-29,31-35H,6H2,1H3/t7-,13+,15-,18+,19+,20+,22-,23+,24+,25-/m0/s1. The average Bonchev–Trinajstić information content (AvgIpc) is 2.91. The molecule has 2 fully saturated rings. The Hall–Kier alpha value is -3.25. The summed E-state index contributed by atoms with van der Waals surface area (Å²) in [4.78, 5) is 13.0. The van der Waals surface area contributed by atoms with Crippen LogP contribution in [0.2, 0.25) is 0 Å². The Labute approximate surface area is 224 Å². The van der Waals surface area contributed by atoms with Crippen molar-refractivity contribution in [3.63, 3.8) is 0 Å². The lowest BCUT2D eigenvalue weighted by atomic mass is 9.97. The van der Waals surface area contributed by atoms with Gasteiger partial charge >= 0.3 is 0 Å². The Bertz CT molecular complexity index is 1460. The van der Waals surface area contributed by atoms with Crippen LogP contribution in [0.1, 0.15) is 6.92 Å². The third-order valence-corrected chi connectivity index (χ3v) is 7.04. The average molecular weight is 568 g/mol. The van der Waals surface area contributed by atoms with Gasteiger partial charge in [-0.1, -0.05) is 0 Å². The predicted molar refractivity (Wildman–Crippen MR) is 131 cm³/mol. The summed E-state index contributed by atoms with van der Waals surface area (Å²) in [6.07, 6.45) is -15.6. The number of fused-ring (bicyclic) bond motifs is 2. The van der Waals surface area contributed by atoms with E-state index in [-0.39, 0.29) is 27.7 Å². The fourth-order valence-corrected chi connectivity index (χ4v) is 4.82. The van der Waals surface area contributed by atoms with Crippen molar-refractivity contribution in [2.45, 2.75) is 68.3 Å². The lowest BCUT2D eigenvalue weighted by Gasteiger charge is -2.45. The Morgan fingerprint density at radius 3 is 2.30 bits per heavy atom. The lowest BCUT2D eigenvalue weighted by Crippen LogP contribution is -2.65. The van der Waals surface area contributed by atoms with Crippen molar-refractivity contribution < 1.29 is 69.3 Å². The van der Waals surface area contributed by atoms with Crippen LogP contribution < -0.4 is 10.2 Å². The third kappa shape index (κ3) is 4.70. The molecule has 15 heteroatoms. The van der Waals surface area contributed by atoms with Crippen molar-refractivity contribution in [2.24, 2.45) is 0 Å². The molecule has 0 bridgehead atoms. The number of hydrogen-bond donors (Lipinski definition) is 9. The molecule has 40 heavy (non-hydrogen) atoms. The summed E-state index contributed by atoms with van der Waals surface area (Å²) in [6.45, 7) is 0.656.